The molecule has 9 heteroatoms. The minimum Gasteiger partial charge on any atom is -0.497 e. The number of pyridine rings is 1. The number of aryl methyl sites for hydroxylation is 2. The van der Waals surface area contributed by atoms with E-state index in [0.29, 0.717) is 28.1 Å². The highest BCUT2D eigenvalue weighted by Gasteiger charge is 2.32. The van der Waals surface area contributed by atoms with Crippen molar-refractivity contribution >= 4 is 29.3 Å². The summed E-state index contributed by atoms with van der Waals surface area (Å²) in [7, 11) is 1.59. The van der Waals surface area contributed by atoms with Crippen LogP contribution in [0.15, 0.2) is 84.3 Å². The summed E-state index contributed by atoms with van der Waals surface area (Å²) in [5, 5.41) is 3.53. The Bertz CT molecular complexity index is 1440. The molecule has 2 aromatic heterocycles. The smallest absolute Gasteiger partial charge is 0.251 e. The molecule has 1 atom stereocenters. The van der Waals surface area contributed by atoms with Gasteiger partial charge in [-0.05, 0) is 72.9 Å². The monoisotopic (exact) mass is 569 g/mol. The lowest BCUT2D eigenvalue weighted by Gasteiger charge is -2.31. The van der Waals surface area contributed by atoms with E-state index in [1.807, 2.05) is 56.3 Å². The average Bonchev–Trinajstić information content (AvgIpc) is 2.96. The molecule has 0 saturated heterocycles. The van der Waals surface area contributed by atoms with Gasteiger partial charge in [0.25, 0.3) is 5.91 Å². The summed E-state index contributed by atoms with van der Waals surface area (Å²) in [6.07, 6.45) is 3.39. The van der Waals surface area contributed by atoms with Crippen LogP contribution >= 0.6 is 11.8 Å². The van der Waals surface area contributed by atoms with E-state index in [9.17, 15) is 9.59 Å². The van der Waals surface area contributed by atoms with Crippen LogP contribution in [0.2, 0.25) is 0 Å². The van der Waals surface area contributed by atoms with Crippen molar-refractivity contribution in [1.29, 1.82) is 0 Å². The molecule has 0 bridgehead atoms. The van der Waals surface area contributed by atoms with Crippen molar-refractivity contribution in [1.82, 2.24) is 19.9 Å². The molecule has 8 nitrogen and oxygen atoms in total. The van der Waals surface area contributed by atoms with Gasteiger partial charge in [0.2, 0.25) is 5.91 Å². The summed E-state index contributed by atoms with van der Waals surface area (Å²) in [6, 6.07) is 19.7. The maximum Gasteiger partial charge on any atom is 0.251 e. The molecule has 0 aliphatic rings. The third-order valence-electron chi connectivity index (χ3n) is 6.52. The molecule has 41 heavy (non-hydrogen) atoms. The molecular weight excluding hydrogens is 534 g/mol. The van der Waals surface area contributed by atoms with Gasteiger partial charge in [-0.25, -0.2) is 9.97 Å². The third-order valence-corrected chi connectivity index (χ3v) is 7.35. The molecule has 4 aromatic rings. The number of carbonyl (C=O) groups is 2. The number of nitrogens with one attached hydrogen (secondary N) is 1. The molecule has 0 aliphatic carbocycles. The van der Waals surface area contributed by atoms with Gasteiger partial charge in [-0.1, -0.05) is 55.9 Å². The van der Waals surface area contributed by atoms with Crippen LogP contribution in [-0.4, -0.2) is 44.5 Å². The van der Waals surface area contributed by atoms with Gasteiger partial charge in [0.15, 0.2) is 5.16 Å². The van der Waals surface area contributed by atoms with Crippen LogP contribution in [0.3, 0.4) is 0 Å². The molecule has 1 unspecified atom stereocenters. The first-order chi connectivity index (χ1) is 19.7. The summed E-state index contributed by atoms with van der Waals surface area (Å²) in [6.45, 7) is 8.24. The quantitative estimate of drug-likeness (QED) is 0.172. The van der Waals surface area contributed by atoms with Crippen molar-refractivity contribution in [3.05, 3.63) is 107 Å². The van der Waals surface area contributed by atoms with E-state index in [0.717, 1.165) is 22.5 Å². The molecule has 2 heterocycles. The van der Waals surface area contributed by atoms with E-state index in [-0.39, 0.29) is 24.1 Å². The molecule has 0 fully saturated rings. The SMILES string of the molecule is COc1ccc(NC(=O)C(c2ccc(C(C)C)cc2)N(Cc2cccnc2)C(=O)CSc2nc(C)cc(C)n2)cc1. The summed E-state index contributed by atoms with van der Waals surface area (Å²) >= 11 is 1.26. The van der Waals surface area contributed by atoms with Crippen molar-refractivity contribution in [2.75, 3.05) is 18.2 Å². The molecule has 0 aliphatic heterocycles. The molecule has 1 N–H and O–H groups in total. The molecule has 0 spiro atoms. The molecule has 2 amide bonds. The summed E-state index contributed by atoms with van der Waals surface area (Å²) in [5.74, 6) is 0.544. The van der Waals surface area contributed by atoms with Crippen molar-refractivity contribution in [2.24, 2.45) is 0 Å². The predicted molar refractivity (Wildman–Crippen MR) is 162 cm³/mol. The van der Waals surface area contributed by atoms with Gasteiger partial charge >= 0.3 is 0 Å². The largest absolute Gasteiger partial charge is 0.497 e. The lowest BCUT2D eigenvalue weighted by Crippen LogP contribution is -2.41. The Kier molecular flexibility index (Phi) is 10.1. The number of amides is 2. The number of aromatic nitrogens is 3. The minimum absolute atomic E-state index is 0.0690. The fraction of sp³-hybridized carbons (Fsp3) is 0.281. The van der Waals surface area contributed by atoms with Crippen LogP contribution in [-0.2, 0) is 16.1 Å². The maximum absolute atomic E-state index is 14.0. The Hall–Kier alpha value is -4.24. The van der Waals surface area contributed by atoms with Crippen LogP contribution < -0.4 is 10.1 Å². The number of thioether (sulfide) groups is 1. The van der Waals surface area contributed by atoms with Crippen molar-refractivity contribution in [2.45, 2.75) is 51.4 Å². The van der Waals surface area contributed by atoms with E-state index >= 15 is 0 Å². The highest BCUT2D eigenvalue weighted by molar-refractivity contribution is 7.99. The summed E-state index contributed by atoms with van der Waals surface area (Å²) < 4.78 is 5.25. The van der Waals surface area contributed by atoms with Crippen molar-refractivity contribution < 1.29 is 14.3 Å². The fourth-order valence-corrected chi connectivity index (χ4v) is 5.24. The zero-order valence-corrected chi connectivity index (χ0v) is 24.8. The normalized spacial score (nSPS) is 11.7. The molecule has 2 aromatic carbocycles. The number of benzene rings is 2. The lowest BCUT2D eigenvalue weighted by atomic mass is 9.97. The van der Waals surface area contributed by atoms with Gasteiger partial charge in [0.1, 0.15) is 11.8 Å². The van der Waals surface area contributed by atoms with Crippen molar-refractivity contribution in [3.63, 3.8) is 0 Å². The Balaban J connectivity index is 1.70. The van der Waals surface area contributed by atoms with E-state index in [2.05, 4.69) is 34.1 Å². The van der Waals surface area contributed by atoms with E-state index in [4.69, 9.17) is 4.74 Å². The first-order valence-electron chi connectivity index (χ1n) is 13.4. The van der Waals surface area contributed by atoms with Gasteiger partial charge in [-0.2, -0.15) is 0 Å². The first kappa shape index (κ1) is 29.7. The highest BCUT2D eigenvalue weighted by Crippen LogP contribution is 2.29. The van der Waals surface area contributed by atoms with Gasteiger partial charge in [0, 0.05) is 36.0 Å². The molecule has 4 rings (SSSR count). The first-order valence-corrected chi connectivity index (χ1v) is 14.4. The topological polar surface area (TPSA) is 97.3 Å². The Morgan fingerprint density at radius 2 is 1.61 bits per heavy atom. The van der Waals surface area contributed by atoms with Crippen LogP contribution in [0.1, 0.15) is 53.9 Å². The number of nitrogens with zero attached hydrogens (tertiary/aromatic N) is 4. The number of methoxy groups -OCH3 is 1. The average molecular weight is 570 g/mol. The minimum atomic E-state index is -0.896. The molecule has 212 valence electrons. The standard InChI is InChI=1S/C32H35N5O3S/c1-21(2)25-8-10-26(11-9-25)30(31(39)36-27-12-14-28(40-5)15-13-27)37(19-24-7-6-16-33-18-24)29(38)20-41-32-34-22(3)17-23(4)35-32/h6-18,21,30H,19-20H2,1-5H3,(H,36,39). The highest BCUT2D eigenvalue weighted by atomic mass is 32.2. The van der Waals surface area contributed by atoms with E-state index < -0.39 is 6.04 Å². The molecule has 0 radical (unpaired) electrons. The number of anilines is 1. The zero-order chi connectivity index (χ0) is 29.4. The van der Waals surface area contributed by atoms with Crippen LogP contribution in [0.4, 0.5) is 5.69 Å². The van der Waals surface area contributed by atoms with Gasteiger partial charge < -0.3 is 15.0 Å². The number of carbonyl (C=O) groups excluding carboxylic acids is 2. The van der Waals surface area contributed by atoms with Crippen LogP contribution in [0.25, 0.3) is 0 Å². The predicted octanol–water partition coefficient (Wildman–Crippen LogP) is 6.12. The van der Waals surface area contributed by atoms with E-state index in [1.165, 1.54) is 11.8 Å². The summed E-state index contributed by atoms with van der Waals surface area (Å²) in [4.78, 5) is 42.7. The van der Waals surface area contributed by atoms with E-state index in [1.54, 1.807) is 48.7 Å². The van der Waals surface area contributed by atoms with Crippen molar-refractivity contribution in [3.8, 4) is 5.75 Å². The number of hydrogen-bond donors (Lipinski definition) is 1. The Labute approximate surface area is 245 Å². The number of ether oxygens (including phenoxy) is 1. The third kappa shape index (κ3) is 8.14. The van der Waals surface area contributed by atoms with Crippen LogP contribution in [0.5, 0.6) is 5.75 Å². The summed E-state index contributed by atoms with van der Waals surface area (Å²) in [5.41, 5.74) is 4.95. The van der Waals surface area contributed by atoms with Gasteiger partial charge in [0.05, 0.1) is 12.9 Å². The fourth-order valence-electron chi connectivity index (χ4n) is 4.40. The zero-order valence-electron chi connectivity index (χ0n) is 24.0. The Morgan fingerprint density at radius 3 is 2.20 bits per heavy atom. The second-order valence-electron chi connectivity index (χ2n) is 10.0. The second-order valence-corrected chi connectivity index (χ2v) is 11.0. The number of hydrogen-bond acceptors (Lipinski definition) is 7. The van der Waals surface area contributed by atoms with Gasteiger partial charge in [-0.3, -0.25) is 14.6 Å². The molecular formula is C32H35N5O3S. The number of rotatable bonds is 11. The molecule has 0 saturated carbocycles. The van der Waals surface area contributed by atoms with Crippen LogP contribution in [0, 0.1) is 13.8 Å². The second kappa shape index (κ2) is 13.9. The lowest BCUT2D eigenvalue weighted by molar-refractivity contribution is -0.137. The Morgan fingerprint density at radius 1 is 0.951 bits per heavy atom. The van der Waals surface area contributed by atoms with Gasteiger partial charge in [-0.15, -0.1) is 0 Å². The maximum atomic E-state index is 14.0.